The smallest absolute Gasteiger partial charge is 0.314 e. The zero-order chi connectivity index (χ0) is 26.7. The van der Waals surface area contributed by atoms with Gasteiger partial charge in [0.2, 0.25) is 5.91 Å². The molecule has 3 N–H and O–H groups in total. The van der Waals surface area contributed by atoms with Crippen molar-refractivity contribution in [3.05, 3.63) is 39.5 Å². The Hall–Kier alpha value is -3.09. The third-order valence-corrected chi connectivity index (χ3v) is 7.83. The summed E-state index contributed by atoms with van der Waals surface area (Å²) in [5.74, 6) is -2.05. The number of pyridine rings is 1. The molecule has 4 amide bonds. The summed E-state index contributed by atoms with van der Waals surface area (Å²) in [5.41, 5.74) is 1.88. The molecule has 1 aliphatic carbocycles. The molecule has 206 valence electrons. The number of aryl methyl sites for hydroxylation is 1. The molecule has 38 heavy (non-hydrogen) atoms. The van der Waals surface area contributed by atoms with Gasteiger partial charge in [-0.05, 0) is 44.9 Å². The molecule has 0 unspecified atom stereocenters. The zero-order valence-corrected chi connectivity index (χ0v) is 23.6. The summed E-state index contributed by atoms with van der Waals surface area (Å²) >= 11 is 1.37. The van der Waals surface area contributed by atoms with Crippen LogP contribution in [-0.4, -0.2) is 83.2 Å². The van der Waals surface area contributed by atoms with Gasteiger partial charge in [0, 0.05) is 56.6 Å². The van der Waals surface area contributed by atoms with Crippen molar-refractivity contribution < 1.29 is 19.2 Å². The van der Waals surface area contributed by atoms with E-state index < -0.39 is 23.9 Å². The molecular formula is C25H34ClN7O4S. The second-order valence-corrected chi connectivity index (χ2v) is 11.0. The molecule has 2 aromatic rings. The average Bonchev–Trinajstić information content (AvgIpc) is 3.29. The molecule has 0 radical (unpaired) electrons. The number of amides is 4. The van der Waals surface area contributed by atoms with E-state index in [0.717, 1.165) is 35.6 Å². The van der Waals surface area contributed by atoms with E-state index in [2.05, 4.69) is 30.8 Å². The molecule has 11 nitrogen and oxygen atoms in total. The second kappa shape index (κ2) is 12.6. The van der Waals surface area contributed by atoms with Crippen molar-refractivity contribution in [2.75, 3.05) is 33.0 Å². The van der Waals surface area contributed by atoms with Crippen LogP contribution in [0, 0.1) is 12.8 Å². The molecule has 2 aromatic heterocycles. The van der Waals surface area contributed by atoms with Crippen LogP contribution in [0.1, 0.15) is 45.2 Å². The number of aromatic nitrogens is 2. The number of carbonyl (C=O) groups excluding carboxylic acids is 4. The van der Waals surface area contributed by atoms with E-state index >= 15 is 0 Å². The average molecular weight is 564 g/mol. The monoisotopic (exact) mass is 563 g/mol. The van der Waals surface area contributed by atoms with Crippen LogP contribution in [0.25, 0.3) is 0 Å². The molecular weight excluding hydrogens is 530 g/mol. The van der Waals surface area contributed by atoms with Crippen molar-refractivity contribution in [3.8, 4) is 0 Å². The largest absolute Gasteiger partial charge is 0.349 e. The van der Waals surface area contributed by atoms with E-state index in [1.54, 1.807) is 32.4 Å². The fourth-order valence-corrected chi connectivity index (χ4v) is 5.78. The number of rotatable bonds is 5. The molecule has 0 saturated heterocycles. The Kier molecular flexibility index (Phi) is 9.80. The lowest BCUT2D eigenvalue weighted by Gasteiger charge is -2.37. The van der Waals surface area contributed by atoms with Crippen LogP contribution >= 0.6 is 23.7 Å². The molecule has 0 spiro atoms. The first kappa shape index (κ1) is 29.5. The van der Waals surface area contributed by atoms with Gasteiger partial charge in [-0.25, -0.2) is 9.97 Å². The van der Waals surface area contributed by atoms with Crippen LogP contribution in [0.15, 0.2) is 18.3 Å². The van der Waals surface area contributed by atoms with Gasteiger partial charge in [0.05, 0.1) is 11.7 Å². The van der Waals surface area contributed by atoms with Crippen LogP contribution < -0.4 is 16.0 Å². The number of thiazole rings is 1. The highest BCUT2D eigenvalue weighted by Crippen LogP contribution is 2.28. The maximum Gasteiger partial charge on any atom is 0.314 e. The summed E-state index contributed by atoms with van der Waals surface area (Å²) < 4.78 is 0. The minimum Gasteiger partial charge on any atom is -0.349 e. The van der Waals surface area contributed by atoms with E-state index in [-0.39, 0.29) is 36.0 Å². The van der Waals surface area contributed by atoms with Crippen LogP contribution in [0.5, 0.6) is 0 Å². The highest BCUT2D eigenvalue weighted by atomic mass is 35.5. The Morgan fingerprint density at radius 1 is 1.08 bits per heavy atom. The summed E-state index contributed by atoms with van der Waals surface area (Å²) in [4.78, 5) is 64.5. The van der Waals surface area contributed by atoms with Crippen LogP contribution in [0.2, 0.25) is 0 Å². The predicted molar refractivity (Wildman–Crippen MR) is 146 cm³/mol. The fraction of sp³-hybridized carbons (Fsp3) is 0.520. The quantitative estimate of drug-likeness (QED) is 0.467. The number of hydrogen-bond donors (Lipinski definition) is 3. The third-order valence-electron chi connectivity index (χ3n) is 6.75. The van der Waals surface area contributed by atoms with E-state index in [1.165, 1.54) is 16.2 Å². The number of halogens is 1. The minimum absolute atomic E-state index is 0. The van der Waals surface area contributed by atoms with Gasteiger partial charge in [0.15, 0.2) is 5.01 Å². The number of carbonyl (C=O) groups is 4. The molecule has 1 fully saturated rings. The summed E-state index contributed by atoms with van der Waals surface area (Å²) in [6, 6.07) is 2.35. The molecule has 1 aliphatic heterocycles. The van der Waals surface area contributed by atoms with E-state index in [9.17, 15) is 19.2 Å². The standard InChI is InChI=1S/C25H33N7O4S.ClH/c1-14-5-8-20(26-12-14)30-22(34)21(33)27-16-7-6-15(25(36)31(2)3)11-18(16)28-23(35)24-29-17-9-10-32(4)13-19(17)37-24;/h5,8,12,15-16,18H,6-7,9-11,13H2,1-4H3,(H,27,33)(H,28,35)(H,26,30,34);1H/t15-,16-,18+;/m0./s1. The lowest BCUT2D eigenvalue weighted by atomic mass is 9.81. The van der Waals surface area contributed by atoms with E-state index in [4.69, 9.17) is 0 Å². The van der Waals surface area contributed by atoms with Crippen molar-refractivity contribution in [2.24, 2.45) is 5.92 Å². The van der Waals surface area contributed by atoms with Crippen molar-refractivity contribution >= 4 is 53.2 Å². The van der Waals surface area contributed by atoms with Gasteiger partial charge in [-0.15, -0.1) is 23.7 Å². The highest BCUT2D eigenvalue weighted by Gasteiger charge is 2.37. The SMILES string of the molecule is Cc1ccc(NC(=O)C(=O)N[C@H]2CC[C@H](C(=O)N(C)C)C[C@H]2NC(=O)c2nc3c(s2)CN(C)CC3)nc1.Cl. The topological polar surface area (TPSA) is 137 Å². The minimum atomic E-state index is -0.843. The molecule has 13 heteroatoms. The van der Waals surface area contributed by atoms with Gasteiger partial charge in [-0.1, -0.05) is 6.07 Å². The van der Waals surface area contributed by atoms with Crippen molar-refractivity contribution in [2.45, 2.75) is 51.2 Å². The molecule has 3 heterocycles. The summed E-state index contributed by atoms with van der Waals surface area (Å²) in [6.07, 6.45) is 3.71. The molecule has 0 bridgehead atoms. The summed E-state index contributed by atoms with van der Waals surface area (Å²) in [6.45, 7) is 3.52. The molecule has 3 atom stereocenters. The van der Waals surface area contributed by atoms with Crippen LogP contribution in [0.4, 0.5) is 5.82 Å². The van der Waals surface area contributed by atoms with Gasteiger partial charge in [0.25, 0.3) is 5.91 Å². The fourth-order valence-electron chi connectivity index (χ4n) is 4.69. The first-order valence-corrected chi connectivity index (χ1v) is 13.2. The predicted octanol–water partition coefficient (Wildman–Crippen LogP) is 1.37. The number of nitrogens with one attached hydrogen (secondary N) is 3. The van der Waals surface area contributed by atoms with Gasteiger partial charge in [-0.2, -0.15) is 0 Å². The maximum absolute atomic E-state index is 13.2. The number of fused-ring (bicyclic) bond motifs is 1. The van der Waals surface area contributed by atoms with E-state index in [1.807, 2.05) is 14.0 Å². The zero-order valence-electron chi connectivity index (χ0n) is 21.9. The lowest BCUT2D eigenvalue weighted by Crippen LogP contribution is -2.57. The first-order chi connectivity index (χ1) is 17.6. The Labute approximate surface area is 232 Å². The third kappa shape index (κ3) is 7.06. The second-order valence-electron chi connectivity index (χ2n) is 9.95. The number of anilines is 1. The van der Waals surface area contributed by atoms with Gasteiger partial charge in [0.1, 0.15) is 5.82 Å². The van der Waals surface area contributed by atoms with E-state index in [0.29, 0.717) is 24.3 Å². The van der Waals surface area contributed by atoms with Gasteiger partial charge >= 0.3 is 11.8 Å². The van der Waals surface area contributed by atoms with Gasteiger partial charge in [-0.3, -0.25) is 19.2 Å². The number of likely N-dealkylation sites (N-methyl/N-ethyl adjacent to an activating group) is 1. The van der Waals surface area contributed by atoms with Crippen molar-refractivity contribution in [3.63, 3.8) is 0 Å². The molecule has 0 aromatic carbocycles. The Morgan fingerprint density at radius 3 is 2.53 bits per heavy atom. The van der Waals surface area contributed by atoms with Crippen molar-refractivity contribution in [1.29, 1.82) is 0 Å². The van der Waals surface area contributed by atoms with Gasteiger partial charge < -0.3 is 25.8 Å². The van der Waals surface area contributed by atoms with Crippen LogP contribution in [-0.2, 0) is 27.3 Å². The molecule has 1 saturated carbocycles. The maximum atomic E-state index is 13.2. The van der Waals surface area contributed by atoms with Crippen molar-refractivity contribution in [1.82, 2.24) is 30.4 Å². The first-order valence-electron chi connectivity index (χ1n) is 12.3. The lowest BCUT2D eigenvalue weighted by molar-refractivity contribution is -0.137. The molecule has 4 rings (SSSR count). The Balaban J connectivity index is 0.00000400. The summed E-state index contributed by atoms with van der Waals surface area (Å²) in [5, 5.41) is 8.61. The number of hydrogen-bond acceptors (Lipinski definition) is 8. The summed E-state index contributed by atoms with van der Waals surface area (Å²) in [7, 11) is 5.43. The normalized spacial score (nSPS) is 20.9. The molecule has 2 aliphatic rings. The van der Waals surface area contributed by atoms with Crippen LogP contribution in [0.3, 0.4) is 0 Å². The highest BCUT2D eigenvalue weighted by molar-refractivity contribution is 7.13. The number of nitrogens with zero attached hydrogens (tertiary/aromatic N) is 4. The Morgan fingerprint density at radius 2 is 1.84 bits per heavy atom. The Bertz CT molecular complexity index is 1190.